The molecule has 0 bridgehead atoms. The maximum atomic E-state index is 12.8. The highest BCUT2D eigenvalue weighted by Gasteiger charge is 2.24. The smallest absolute Gasteiger partial charge is 0.360 e. The number of ether oxygens (including phenoxy) is 1. The van der Waals surface area contributed by atoms with Crippen LogP contribution in [-0.4, -0.2) is 87.7 Å². The van der Waals surface area contributed by atoms with Gasteiger partial charge < -0.3 is 24.8 Å². The maximum Gasteiger partial charge on any atom is 0.360 e. The van der Waals surface area contributed by atoms with Crippen LogP contribution in [-0.2, 0) is 11.8 Å². The van der Waals surface area contributed by atoms with Gasteiger partial charge >= 0.3 is 5.97 Å². The summed E-state index contributed by atoms with van der Waals surface area (Å²) in [5.74, 6) is 0.191. The topological polar surface area (TPSA) is 113 Å². The lowest BCUT2D eigenvalue weighted by Crippen LogP contribution is -2.45. The van der Waals surface area contributed by atoms with Crippen molar-refractivity contribution in [1.29, 1.82) is 0 Å². The summed E-state index contributed by atoms with van der Waals surface area (Å²) in [7, 11) is 7.15. The predicted molar refractivity (Wildman–Crippen MR) is 148 cm³/mol. The van der Waals surface area contributed by atoms with Gasteiger partial charge in [0.1, 0.15) is 11.2 Å². The minimum absolute atomic E-state index is 0.0734. The lowest BCUT2D eigenvalue weighted by molar-refractivity contribution is 0.0595. The summed E-state index contributed by atoms with van der Waals surface area (Å²) in [6.07, 6.45) is 5.13. The van der Waals surface area contributed by atoms with Crippen molar-refractivity contribution in [3.8, 4) is 11.3 Å². The van der Waals surface area contributed by atoms with Gasteiger partial charge in [0.15, 0.2) is 17.3 Å². The largest absolute Gasteiger partial charge is 0.464 e. The highest BCUT2D eigenvalue weighted by Crippen LogP contribution is 2.33. The van der Waals surface area contributed by atoms with E-state index < -0.39 is 5.97 Å². The first-order chi connectivity index (χ1) is 18.4. The van der Waals surface area contributed by atoms with Gasteiger partial charge in [0.2, 0.25) is 0 Å². The number of aromatic nitrogens is 5. The molecule has 0 spiro atoms. The molecule has 1 aromatic carbocycles. The summed E-state index contributed by atoms with van der Waals surface area (Å²) < 4.78 is 6.93. The first kappa shape index (κ1) is 25.6. The van der Waals surface area contributed by atoms with Gasteiger partial charge in [-0.25, -0.2) is 19.7 Å². The zero-order chi connectivity index (χ0) is 26.8. The van der Waals surface area contributed by atoms with Crippen LogP contribution in [0.4, 0.5) is 17.3 Å². The summed E-state index contributed by atoms with van der Waals surface area (Å²) in [5, 5.41) is 6.37. The van der Waals surface area contributed by atoms with Crippen LogP contribution in [0.2, 0.25) is 0 Å². The molecule has 0 radical (unpaired) electrons. The number of benzene rings is 1. The molecule has 5 rings (SSSR count). The Morgan fingerprint density at radius 2 is 1.76 bits per heavy atom. The van der Waals surface area contributed by atoms with E-state index in [9.17, 15) is 4.79 Å². The number of fused-ring (bicyclic) bond motifs is 1. The van der Waals surface area contributed by atoms with Crippen molar-refractivity contribution < 1.29 is 9.53 Å². The third-order valence-electron chi connectivity index (χ3n) is 7.15. The van der Waals surface area contributed by atoms with Crippen LogP contribution in [0.25, 0.3) is 22.3 Å². The Bertz CT molecular complexity index is 1440. The molecule has 38 heavy (non-hydrogen) atoms. The number of carbonyl (C=O) groups is 1. The average Bonchev–Trinajstić information content (AvgIpc) is 3.33. The fraction of sp³-hybridized carbons (Fsp3) is 0.370. The zero-order valence-electron chi connectivity index (χ0n) is 22.4. The van der Waals surface area contributed by atoms with Crippen LogP contribution in [0, 0.1) is 0 Å². The average molecular weight is 516 g/mol. The van der Waals surface area contributed by atoms with Crippen molar-refractivity contribution in [2.45, 2.75) is 13.0 Å². The van der Waals surface area contributed by atoms with E-state index in [1.807, 2.05) is 23.7 Å². The standard InChI is InChI=1S/C27H33N9O2/c1-17(36-12-10-34(3)11-13-36)18-6-8-19(9-7-18)31-26-24(27(37)38-5)32-23(25(28-2)33-26)20-14-29-15-21-22(20)30-16-35(21)4/h6-9,14-17H,10-13H2,1-5H3,(H2,28,31,33)/t17-/m0/s1. The van der Waals surface area contributed by atoms with Crippen molar-refractivity contribution in [2.24, 2.45) is 7.05 Å². The minimum atomic E-state index is -0.592. The van der Waals surface area contributed by atoms with E-state index in [1.165, 1.54) is 12.7 Å². The Kier molecular flexibility index (Phi) is 7.21. The number of hydrogen-bond acceptors (Lipinski definition) is 10. The van der Waals surface area contributed by atoms with E-state index in [1.54, 1.807) is 25.8 Å². The Hall–Kier alpha value is -4.09. The number of imidazole rings is 1. The monoisotopic (exact) mass is 515 g/mol. The number of esters is 1. The van der Waals surface area contributed by atoms with E-state index in [4.69, 9.17) is 14.7 Å². The van der Waals surface area contributed by atoms with Crippen molar-refractivity contribution in [1.82, 2.24) is 34.3 Å². The van der Waals surface area contributed by atoms with Crippen molar-refractivity contribution in [3.05, 3.63) is 54.2 Å². The number of nitrogens with zero attached hydrogens (tertiary/aromatic N) is 7. The molecule has 2 N–H and O–H groups in total. The highest BCUT2D eigenvalue weighted by atomic mass is 16.5. The number of piperazine rings is 1. The van der Waals surface area contributed by atoms with Crippen LogP contribution < -0.4 is 10.6 Å². The van der Waals surface area contributed by atoms with Gasteiger partial charge in [0, 0.05) is 58.2 Å². The number of aryl methyl sites for hydroxylation is 1. The second-order valence-corrected chi connectivity index (χ2v) is 9.53. The Labute approximate surface area is 221 Å². The lowest BCUT2D eigenvalue weighted by atomic mass is 10.1. The van der Waals surface area contributed by atoms with Crippen LogP contribution in [0.3, 0.4) is 0 Å². The summed E-state index contributed by atoms with van der Waals surface area (Å²) in [5.41, 5.74) is 4.80. The summed E-state index contributed by atoms with van der Waals surface area (Å²) in [6, 6.07) is 8.53. The first-order valence-electron chi connectivity index (χ1n) is 12.6. The van der Waals surface area contributed by atoms with Gasteiger partial charge in [0.05, 0.1) is 30.7 Å². The van der Waals surface area contributed by atoms with Crippen LogP contribution in [0.15, 0.2) is 43.0 Å². The first-order valence-corrected chi connectivity index (χ1v) is 12.6. The lowest BCUT2D eigenvalue weighted by Gasteiger charge is -2.36. The number of pyridine rings is 1. The zero-order valence-corrected chi connectivity index (χ0v) is 22.4. The molecule has 0 unspecified atom stereocenters. The van der Waals surface area contributed by atoms with Crippen LogP contribution >= 0.6 is 0 Å². The second-order valence-electron chi connectivity index (χ2n) is 9.53. The van der Waals surface area contributed by atoms with Gasteiger partial charge in [-0.15, -0.1) is 0 Å². The van der Waals surface area contributed by atoms with Crippen molar-refractivity contribution in [2.75, 3.05) is 58.0 Å². The van der Waals surface area contributed by atoms with Gasteiger partial charge in [-0.2, -0.15) is 0 Å². The number of nitrogens with one attached hydrogen (secondary N) is 2. The molecule has 0 amide bonds. The fourth-order valence-corrected chi connectivity index (χ4v) is 4.74. The molecule has 198 valence electrons. The Balaban J connectivity index is 1.46. The highest BCUT2D eigenvalue weighted by molar-refractivity contribution is 5.98. The molecule has 1 aliphatic heterocycles. The molecule has 3 aromatic heterocycles. The van der Waals surface area contributed by atoms with E-state index in [2.05, 4.69) is 56.5 Å². The molecular weight excluding hydrogens is 482 g/mol. The molecular formula is C27H33N9O2. The van der Waals surface area contributed by atoms with Crippen molar-refractivity contribution >= 4 is 34.3 Å². The number of methoxy groups -OCH3 is 1. The number of rotatable bonds is 7. The number of carbonyl (C=O) groups excluding carboxylic acids is 1. The summed E-state index contributed by atoms with van der Waals surface area (Å²) in [6.45, 7) is 6.50. The Morgan fingerprint density at radius 3 is 2.45 bits per heavy atom. The summed E-state index contributed by atoms with van der Waals surface area (Å²) in [4.78, 5) is 35.9. The maximum absolute atomic E-state index is 12.8. The van der Waals surface area contributed by atoms with Gasteiger partial charge in [-0.05, 0) is 31.7 Å². The molecule has 4 aromatic rings. The van der Waals surface area contributed by atoms with Gasteiger partial charge in [-0.1, -0.05) is 12.1 Å². The van der Waals surface area contributed by atoms with Gasteiger partial charge in [-0.3, -0.25) is 9.88 Å². The SMILES string of the molecule is CNc1nc(Nc2ccc([C@H](C)N3CCN(C)CC3)cc2)c(C(=O)OC)nc1-c1cncc2c1ncn2C. The molecule has 1 aliphatic rings. The minimum Gasteiger partial charge on any atom is -0.464 e. The van der Waals surface area contributed by atoms with Crippen molar-refractivity contribution in [3.63, 3.8) is 0 Å². The van der Waals surface area contributed by atoms with Crippen LogP contribution in [0.1, 0.15) is 29.0 Å². The predicted octanol–water partition coefficient (Wildman–Crippen LogP) is 3.31. The van der Waals surface area contributed by atoms with Crippen LogP contribution in [0.5, 0.6) is 0 Å². The van der Waals surface area contributed by atoms with E-state index >= 15 is 0 Å². The van der Waals surface area contributed by atoms with E-state index in [0.29, 0.717) is 28.9 Å². The quantitative estimate of drug-likeness (QED) is 0.355. The summed E-state index contributed by atoms with van der Waals surface area (Å²) >= 11 is 0. The molecule has 1 atom stereocenters. The van der Waals surface area contributed by atoms with Gasteiger partial charge in [0.25, 0.3) is 0 Å². The molecule has 0 saturated carbocycles. The molecule has 1 fully saturated rings. The number of likely N-dealkylation sites (N-methyl/N-ethyl adjacent to an activating group) is 1. The van der Waals surface area contributed by atoms with E-state index in [0.717, 1.165) is 42.9 Å². The molecule has 4 heterocycles. The third-order valence-corrected chi connectivity index (χ3v) is 7.15. The molecule has 11 nitrogen and oxygen atoms in total. The molecule has 11 heteroatoms. The Morgan fingerprint density at radius 1 is 1.03 bits per heavy atom. The normalized spacial score (nSPS) is 15.4. The molecule has 0 aliphatic carbocycles. The second kappa shape index (κ2) is 10.7. The number of hydrogen-bond donors (Lipinski definition) is 2. The third kappa shape index (κ3) is 4.90. The molecule has 1 saturated heterocycles. The van der Waals surface area contributed by atoms with E-state index in [-0.39, 0.29) is 5.69 Å². The number of anilines is 3. The fourth-order valence-electron chi connectivity index (χ4n) is 4.74.